The van der Waals surface area contributed by atoms with E-state index < -0.39 is 20.0 Å². The van der Waals surface area contributed by atoms with Gasteiger partial charge in [-0.2, -0.15) is 0 Å². The molecule has 98 valence electrons. The zero-order chi connectivity index (χ0) is 12.8. The molecule has 0 unspecified atom stereocenters. The second-order valence-corrected chi connectivity index (χ2v) is 7.48. The van der Waals surface area contributed by atoms with Crippen LogP contribution in [-0.4, -0.2) is 52.8 Å². The molecular weight excluding hydrogens is 252 g/mol. The molecule has 0 saturated heterocycles. The van der Waals surface area contributed by atoms with Crippen molar-refractivity contribution in [2.24, 2.45) is 0 Å². The number of nitrogens with one attached hydrogen (secondary N) is 1. The average molecular weight is 272 g/mol. The van der Waals surface area contributed by atoms with Crippen LogP contribution in [0.15, 0.2) is 0 Å². The van der Waals surface area contributed by atoms with Crippen LogP contribution in [-0.2, 0) is 20.0 Å². The molecule has 0 heterocycles. The lowest BCUT2D eigenvalue weighted by Crippen LogP contribution is -2.33. The molecule has 0 amide bonds. The fraction of sp³-hybridized carbons (Fsp3) is 1.00. The Morgan fingerprint density at radius 2 is 1.69 bits per heavy atom. The Morgan fingerprint density at radius 1 is 1.12 bits per heavy atom. The molecule has 0 aromatic rings. The lowest BCUT2D eigenvalue weighted by atomic mass is 10.4. The van der Waals surface area contributed by atoms with Crippen LogP contribution in [0.2, 0.25) is 0 Å². The average Bonchev–Trinajstić information content (AvgIpc) is 2.15. The monoisotopic (exact) mass is 272 g/mol. The van der Waals surface area contributed by atoms with Crippen molar-refractivity contribution in [2.75, 3.05) is 31.6 Å². The summed E-state index contributed by atoms with van der Waals surface area (Å²) in [5.74, 6) is 0.0383. The Bertz CT molecular complexity index is 388. The minimum absolute atomic E-state index is 0.0383. The third-order valence-electron chi connectivity index (χ3n) is 2.11. The van der Waals surface area contributed by atoms with E-state index in [9.17, 15) is 16.8 Å². The number of sulfonamides is 2. The molecular formula is C8H20N2O4S2. The van der Waals surface area contributed by atoms with E-state index in [1.54, 1.807) is 13.8 Å². The standard InChI is InChI=1S/C8H20N2O4S2/c1-4-10(15(3,11)12)8-6-7-9-16(13,14)5-2/h9H,4-8H2,1-3H3. The quantitative estimate of drug-likeness (QED) is 0.609. The van der Waals surface area contributed by atoms with E-state index >= 15 is 0 Å². The zero-order valence-corrected chi connectivity index (χ0v) is 11.6. The molecule has 0 saturated carbocycles. The summed E-state index contributed by atoms with van der Waals surface area (Å²) >= 11 is 0. The second-order valence-electron chi connectivity index (χ2n) is 3.41. The molecule has 8 heteroatoms. The van der Waals surface area contributed by atoms with E-state index in [1.165, 1.54) is 4.31 Å². The molecule has 0 rings (SSSR count). The summed E-state index contributed by atoms with van der Waals surface area (Å²) in [7, 11) is -6.36. The summed E-state index contributed by atoms with van der Waals surface area (Å²) in [4.78, 5) is 0. The minimum Gasteiger partial charge on any atom is -0.215 e. The number of hydrogen-bond acceptors (Lipinski definition) is 4. The van der Waals surface area contributed by atoms with E-state index in [-0.39, 0.29) is 12.3 Å². The number of hydrogen-bond donors (Lipinski definition) is 1. The Hall–Kier alpha value is -0.180. The van der Waals surface area contributed by atoms with E-state index in [0.29, 0.717) is 19.5 Å². The van der Waals surface area contributed by atoms with Crippen LogP contribution < -0.4 is 4.72 Å². The predicted molar refractivity (Wildman–Crippen MR) is 64.2 cm³/mol. The SMILES string of the molecule is CCN(CCCNS(=O)(=O)CC)S(C)(=O)=O. The predicted octanol–water partition coefficient (Wildman–Crippen LogP) is -0.403. The minimum atomic E-state index is -3.18. The molecule has 0 aliphatic carbocycles. The van der Waals surface area contributed by atoms with Gasteiger partial charge in [0.05, 0.1) is 12.0 Å². The fourth-order valence-corrected chi connectivity index (χ4v) is 2.73. The van der Waals surface area contributed by atoms with Gasteiger partial charge in [0.1, 0.15) is 0 Å². The first kappa shape index (κ1) is 15.8. The fourth-order valence-electron chi connectivity index (χ4n) is 1.14. The van der Waals surface area contributed by atoms with Crippen LogP contribution in [0.5, 0.6) is 0 Å². The summed E-state index contributed by atoms with van der Waals surface area (Å²) in [6.45, 7) is 4.30. The van der Waals surface area contributed by atoms with Crippen molar-refractivity contribution in [3.05, 3.63) is 0 Å². The topological polar surface area (TPSA) is 83.6 Å². The number of nitrogens with zero attached hydrogens (tertiary/aromatic N) is 1. The molecule has 0 aliphatic heterocycles. The highest BCUT2D eigenvalue weighted by Crippen LogP contribution is 1.98. The van der Waals surface area contributed by atoms with Crippen LogP contribution >= 0.6 is 0 Å². The lowest BCUT2D eigenvalue weighted by Gasteiger charge is -2.17. The summed E-state index contributed by atoms with van der Waals surface area (Å²) in [6.07, 6.45) is 1.62. The van der Waals surface area contributed by atoms with Crippen LogP contribution in [0.1, 0.15) is 20.3 Å². The maximum Gasteiger partial charge on any atom is 0.211 e. The Balaban J connectivity index is 4.00. The Labute approximate surface area is 98.1 Å². The van der Waals surface area contributed by atoms with Crippen molar-refractivity contribution in [1.82, 2.24) is 9.03 Å². The molecule has 1 N–H and O–H groups in total. The lowest BCUT2D eigenvalue weighted by molar-refractivity contribution is 0.424. The molecule has 0 atom stereocenters. The third-order valence-corrected chi connectivity index (χ3v) is 4.89. The van der Waals surface area contributed by atoms with E-state index in [2.05, 4.69) is 4.72 Å². The first-order chi connectivity index (χ1) is 7.23. The highest BCUT2D eigenvalue weighted by Gasteiger charge is 2.13. The molecule has 0 aliphatic rings. The first-order valence-corrected chi connectivity index (χ1v) is 8.65. The van der Waals surface area contributed by atoms with Gasteiger partial charge < -0.3 is 0 Å². The molecule has 0 fully saturated rings. The second kappa shape index (κ2) is 6.53. The van der Waals surface area contributed by atoms with E-state index in [1.807, 2.05) is 0 Å². The molecule has 0 bridgehead atoms. The van der Waals surface area contributed by atoms with Crippen molar-refractivity contribution >= 4 is 20.0 Å². The van der Waals surface area contributed by atoms with Gasteiger partial charge >= 0.3 is 0 Å². The van der Waals surface area contributed by atoms with Crippen LogP contribution in [0, 0.1) is 0 Å². The largest absolute Gasteiger partial charge is 0.215 e. The van der Waals surface area contributed by atoms with Crippen molar-refractivity contribution in [3.63, 3.8) is 0 Å². The van der Waals surface area contributed by atoms with Crippen LogP contribution in [0.3, 0.4) is 0 Å². The van der Waals surface area contributed by atoms with Gasteiger partial charge in [-0.1, -0.05) is 6.92 Å². The van der Waals surface area contributed by atoms with Gasteiger partial charge in [-0.05, 0) is 13.3 Å². The summed E-state index contributed by atoms with van der Waals surface area (Å²) in [5, 5.41) is 0. The van der Waals surface area contributed by atoms with Gasteiger partial charge in [0.2, 0.25) is 20.0 Å². The molecule has 0 spiro atoms. The van der Waals surface area contributed by atoms with Crippen LogP contribution in [0.25, 0.3) is 0 Å². The van der Waals surface area contributed by atoms with Gasteiger partial charge in [-0.15, -0.1) is 0 Å². The van der Waals surface area contributed by atoms with Crippen LogP contribution in [0.4, 0.5) is 0 Å². The maximum atomic E-state index is 11.2. The molecule has 6 nitrogen and oxygen atoms in total. The van der Waals surface area contributed by atoms with Gasteiger partial charge in [-0.3, -0.25) is 0 Å². The third kappa shape index (κ3) is 6.41. The molecule has 16 heavy (non-hydrogen) atoms. The van der Waals surface area contributed by atoms with Crippen molar-refractivity contribution in [2.45, 2.75) is 20.3 Å². The highest BCUT2D eigenvalue weighted by atomic mass is 32.2. The Kier molecular flexibility index (Phi) is 6.46. The highest BCUT2D eigenvalue weighted by molar-refractivity contribution is 7.89. The Morgan fingerprint density at radius 3 is 2.06 bits per heavy atom. The smallest absolute Gasteiger partial charge is 0.211 e. The molecule has 0 radical (unpaired) electrons. The first-order valence-electron chi connectivity index (χ1n) is 5.15. The molecule has 0 aromatic heterocycles. The van der Waals surface area contributed by atoms with Crippen molar-refractivity contribution < 1.29 is 16.8 Å². The van der Waals surface area contributed by atoms with E-state index in [0.717, 1.165) is 6.26 Å². The number of rotatable bonds is 8. The van der Waals surface area contributed by atoms with E-state index in [4.69, 9.17) is 0 Å². The summed E-state index contributed by atoms with van der Waals surface area (Å²) in [6, 6.07) is 0. The normalized spacial score (nSPS) is 13.2. The molecule has 0 aromatic carbocycles. The van der Waals surface area contributed by atoms with Crippen molar-refractivity contribution in [1.29, 1.82) is 0 Å². The van der Waals surface area contributed by atoms with Gasteiger partial charge in [0.25, 0.3) is 0 Å². The maximum absolute atomic E-state index is 11.2. The summed E-state index contributed by atoms with van der Waals surface area (Å²) in [5.41, 5.74) is 0. The van der Waals surface area contributed by atoms with Gasteiger partial charge in [0.15, 0.2) is 0 Å². The summed E-state index contributed by atoms with van der Waals surface area (Å²) < 4.78 is 48.2. The van der Waals surface area contributed by atoms with Gasteiger partial charge in [-0.25, -0.2) is 25.9 Å². The zero-order valence-electron chi connectivity index (χ0n) is 9.93. The van der Waals surface area contributed by atoms with Gasteiger partial charge in [0, 0.05) is 19.6 Å². The van der Waals surface area contributed by atoms with Crippen molar-refractivity contribution in [3.8, 4) is 0 Å².